The topological polar surface area (TPSA) is 44.1 Å². The second-order valence-electron chi connectivity index (χ2n) is 5.37. The molecule has 3 aromatic rings. The molecule has 0 amide bonds. The molecule has 1 aromatic heterocycles. The summed E-state index contributed by atoms with van der Waals surface area (Å²) in [6, 6.07) is 19.5. The number of hydrogen-bond donors (Lipinski definition) is 0. The van der Waals surface area contributed by atoms with Crippen LogP contribution in [0.3, 0.4) is 0 Å². The molecule has 0 saturated carbocycles. The van der Waals surface area contributed by atoms with Gasteiger partial charge in [0.25, 0.3) is 5.56 Å². The molecule has 1 heterocycles. The maximum atomic E-state index is 12.4. The number of ether oxygens (including phenoxy) is 1. The zero-order valence-electron chi connectivity index (χ0n) is 13.2. The van der Waals surface area contributed by atoms with E-state index >= 15 is 0 Å². The predicted molar refractivity (Wildman–Crippen MR) is 90.7 cm³/mol. The number of aromatic nitrogens is 2. The fourth-order valence-corrected chi connectivity index (χ4v) is 2.51. The first kappa shape index (κ1) is 15.0. The number of hydrogen-bond acceptors (Lipinski definition) is 3. The number of rotatable bonds is 4. The molecule has 3 rings (SSSR count). The molecule has 0 bridgehead atoms. The van der Waals surface area contributed by atoms with Gasteiger partial charge in [-0.05, 0) is 23.8 Å². The van der Waals surface area contributed by atoms with E-state index in [2.05, 4.69) is 5.10 Å². The van der Waals surface area contributed by atoms with Crippen molar-refractivity contribution in [2.45, 2.75) is 6.42 Å². The lowest BCUT2D eigenvalue weighted by Crippen LogP contribution is -2.24. The Morgan fingerprint density at radius 2 is 1.74 bits per heavy atom. The SMILES string of the molecule is COc1ccc(Cc2cc(-c3ccccc3)nn(C)c2=O)cc1. The second-order valence-corrected chi connectivity index (χ2v) is 5.37. The number of methoxy groups -OCH3 is 1. The molecular weight excluding hydrogens is 288 g/mol. The highest BCUT2D eigenvalue weighted by Crippen LogP contribution is 2.18. The highest BCUT2D eigenvalue weighted by atomic mass is 16.5. The van der Waals surface area contributed by atoms with Gasteiger partial charge >= 0.3 is 0 Å². The van der Waals surface area contributed by atoms with Crippen molar-refractivity contribution in [2.24, 2.45) is 7.05 Å². The van der Waals surface area contributed by atoms with E-state index in [1.54, 1.807) is 14.2 Å². The minimum absolute atomic E-state index is 0.0690. The average molecular weight is 306 g/mol. The van der Waals surface area contributed by atoms with Crippen LogP contribution < -0.4 is 10.3 Å². The van der Waals surface area contributed by atoms with Crippen molar-refractivity contribution in [3.05, 3.63) is 82.1 Å². The highest BCUT2D eigenvalue weighted by molar-refractivity contribution is 5.59. The van der Waals surface area contributed by atoms with E-state index in [-0.39, 0.29) is 5.56 Å². The van der Waals surface area contributed by atoms with Gasteiger partial charge in [0.15, 0.2) is 0 Å². The van der Waals surface area contributed by atoms with E-state index < -0.39 is 0 Å². The minimum atomic E-state index is -0.0690. The summed E-state index contributed by atoms with van der Waals surface area (Å²) < 4.78 is 6.57. The molecule has 0 aliphatic rings. The van der Waals surface area contributed by atoms with Crippen molar-refractivity contribution in [3.63, 3.8) is 0 Å². The lowest BCUT2D eigenvalue weighted by molar-refractivity contribution is 0.414. The molecule has 0 radical (unpaired) electrons. The highest BCUT2D eigenvalue weighted by Gasteiger charge is 2.09. The minimum Gasteiger partial charge on any atom is -0.497 e. The third-order valence-corrected chi connectivity index (χ3v) is 3.76. The van der Waals surface area contributed by atoms with Crippen molar-refractivity contribution in [1.29, 1.82) is 0 Å². The van der Waals surface area contributed by atoms with Gasteiger partial charge in [0, 0.05) is 24.6 Å². The van der Waals surface area contributed by atoms with Crippen LogP contribution in [0.25, 0.3) is 11.3 Å². The van der Waals surface area contributed by atoms with Gasteiger partial charge in [-0.1, -0.05) is 42.5 Å². The maximum absolute atomic E-state index is 12.4. The Balaban J connectivity index is 1.98. The fourth-order valence-electron chi connectivity index (χ4n) is 2.51. The van der Waals surface area contributed by atoms with Crippen LogP contribution in [0.2, 0.25) is 0 Å². The molecule has 0 saturated heterocycles. The first-order valence-electron chi connectivity index (χ1n) is 7.43. The Hall–Kier alpha value is -2.88. The van der Waals surface area contributed by atoms with Crippen molar-refractivity contribution in [2.75, 3.05) is 7.11 Å². The van der Waals surface area contributed by atoms with Crippen LogP contribution in [-0.2, 0) is 13.5 Å². The molecule has 0 unspecified atom stereocenters. The molecule has 4 heteroatoms. The predicted octanol–water partition coefficient (Wildman–Crippen LogP) is 3.05. The summed E-state index contributed by atoms with van der Waals surface area (Å²) in [7, 11) is 3.33. The van der Waals surface area contributed by atoms with Crippen LogP contribution >= 0.6 is 0 Å². The van der Waals surface area contributed by atoms with Gasteiger partial charge in [-0.2, -0.15) is 5.10 Å². The van der Waals surface area contributed by atoms with Gasteiger partial charge in [0.2, 0.25) is 0 Å². The first-order valence-corrected chi connectivity index (χ1v) is 7.43. The summed E-state index contributed by atoms with van der Waals surface area (Å²) in [5, 5.41) is 4.36. The van der Waals surface area contributed by atoms with Gasteiger partial charge in [-0.3, -0.25) is 4.79 Å². The maximum Gasteiger partial charge on any atom is 0.270 e. The first-order chi connectivity index (χ1) is 11.2. The summed E-state index contributed by atoms with van der Waals surface area (Å²) in [4.78, 5) is 12.4. The fraction of sp³-hybridized carbons (Fsp3) is 0.158. The van der Waals surface area contributed by atoms with Crippen molar-refractivity contribution < 1.29 is 4.74 Å². The van der Waals surface area contributed by atoms with Crippen LogP contribution in [0, 0.1) is 0 Å². The van der Waals surface area contributed by atoms with E-state index in [1.165, 1.54) is 4.68 Å². The Bertz CT molecular complexity index is 853. The summed E-state index contributed by atoms with van der Waals surface area (Å²) in [6.07, 6.45) is 0.568. The van der Waals surface area contributed by atoms with E-state index in [9.17, 15) is 4.79 Å². The second kappa shape index (κ2) is 6.48. The molecule has 0 aliphatic heterocycles. The zero-order chi connectivity index (χ0) is 16.2. The summed E-state index contributed by atoms with van der Waals surface area (Å²) in [6.45, 7) is 0. The van der Waals surface area contributed by atoms with E-state index in [0.29, 0.717) is 6.42 Å². The van der Waals surface area contributed by atoms with Crippen LogP contribution in [-0.4, -0.2) is 16.9 Å². The number of benzene rings is 2. The smallest absolute Gasteiger partial charge is 0.270 e. The van der Waals surface area contributed by atoms with Gasteiger partial charge in [0.05, 0.1) is 12.8 Å². The average Bonchev–Trinajstić information content (AvgIpc) is 2.60. The standard InChI is InChI=1S/C19H18N2O2/c1-21-19(22)16(12-14-8-10-17(23-2)11-9-14)13-18(20-21)15-6-4-3-5-7-15/h3-11,13H,12H2,1-2H3. The third-order valence-electron chi connectivity index (χ3n) is 3.76. The van der Waals surface area contributed by atoms with Crippen LogP contribution in [0.4, 0.5) is 0 Å². The quantitative estimate of drug-likeness (QED) is 0.744. The van der Waals surface area contributed by atoms with Gasteiger partial charge < -0.3 is 4.74 Å². The summed E-state index contributed by atoms with van der Waals surface area (Å²) in [5.41, 5.74) is 3.52. The van der Waals surface area contributed by atoms with Crippen molar-refractivity contribution in [1.82, 2.24) is 9.78 Å². The van der Waals surface area contributed by atoms with E-state index in [0.717, 1.165) is 28.1 Å². The Labute approximate surface area is 135 Å². The Morgan fingerprint density at radius 1 is 1.04 bits per heavy atom. The number of nitrogens with zero attached hydrogens (tertiary/aromatic N) is 2. The lowest BCUT2D eigenvalue weighted by Gasteiger charge is -2.08. The third kappa shape index (κ3) is 3.31. The van der Waals surface area contributed by atoms with Crippen LogP contribution in [0.5, 0.6) is 5.75 Å². The van der Waals surface area contributed by atoms with Gasteiger partial charge in [-0.25, -0.2) is 4.68 Å². The monoisotopic (exact) mass is 306 g/mol. The summed E-state index contributed by atoms with van der Waals surface area (Å²) >= 11 is 0. The van der Waals surface area contributed by atoms with E-state index in [4.69, 9.17) is 4.74 Å². The molecule has 0 spiro atoms. The summed E-state index contributed by atoms with van der Waals surface area (Å²) in [5.74, 6) is 0.807. The zero-order valence-corrected chi connectivity index (χ0v) is 13.2. The molecule has 0 aliphatic carbocycles. The van der Waals surface area contributed by atoms with E-state index in [1.807, 2.05) is 60.7 Å². The largest absolute Gasteiger partial charge is 0.497 e. The van der Waals surface area contributed by atoms with Crippen molar-refractivity contribution >= 4 is 0 Å². The van der Waals surface area contributed by atoms with Crippen molar-refractivity contribution in [3.8, 4) is 17.0 Å². The van der Waals surface area contributed by atoms with Crippen LogP contribution in [0.15, 0.2) is 65.5 Å². The van der Waals surface area contributed by atoms with Gasteiger partial charge in [-0.15, -0.1) is 0 Å². The molecule has 23 heavy (non-hydrogen) atoms. The normalized spacial score (nSPS) is 10.5. The molecule has 4 nitrogen and oxygen atoms in total. The molecule has 0 N–H and O–H groups in total. The molecule has 0 atom stereocenters. The van der Waals surface area contributed by atoms with Crippen LogP contribution in [0.1, 0.15) is 11.1 Å². The Kier molecular flexibility index (Phi) is 4.24. The molecule has 2 aromatic carbocycles. The van der Waals surface area contributed by atoms with Gasteiger partial charge in [0.1, 0.15) is 5.75 Å². The lowest BCUT2D eigenvalue weighted by atomic mass is 10.0. The molecule has 116 valence electrons. The molecular formula is C19H18N2O2. The number of aryl methyl sites for hydroxylation is 1. The molecule has 0 fully saturated rings. The Morgan fingerprint density at radius 3 is 2.39 bits per heavy atom.